The monoisotopic (exact) mass is 422 g/mol. The van der Waals surface area contributed by atoms with Crippen LogP contribution in [0.2, 0.25) is 5.02 Å². The van der Waals surface area contributed by atoms with Crippen molar-refractivity contribution in [1.29, 1.82) is 0 Å². The second-order valence-electron chi connectivity index (χ2n) is 6.68. The van der Waals surface area contributed by atoms with Crippen molar-refractivity contribution in [2.75, 3.05) is 5.32 Å². The molecular weight excluding hydrogens is 408 g/mol. The maximum atomic E-state index is 12.9. The number of aromatic nitrogens is 1. The largest absolute Gasteiger partial charge is 0.478 e. The first-order valence-corrected chi connectivity index (χ1v) is 9.23. The number of amides is 1. The molecular formula is C22H15ClN2O5. The average molecular weight is 423 g/mol. The molecule has 8 heteroatoms. The van der Waals surface area contributed by atoms with Gasteiger partial charge in [0.1, 0.15) is 0 Å². The molecule has 0 aliphatic heterocycles. The third-order valence-corrected chi connectivity index (χ3v) is 4.99. The number of carbonyl (C=O) groups excluding carboxylic acids is 2. The Labute approximate surface area is 175 Å². The molecule has 30 heavy (non-hydrogen) atoms. The first kappa shape index (κ1) is 19.5. The van der Waals surface area contributed by atoms with Crippen molar-refractivity contribution in [2.24, 2.45) is 7.05 Å². The van der Waals surface area contributed by atoms with Gasteiger partial charge >= 0.3 is 5.97 Å². The molecule has 0 saturated carbocycles. The number of hydrogen-bond donors (Lipinski definition) is 2. The van der Waals surface area contributed by atoms with E-state index in [-0.39, 0.29) is 21.8 Å². The van der Waals surface area contributed by atoms with Gasteiger partial charge < -0.3 is 19.4 Å². The number of carboxylic acids is 1. The predicted molar refractivity (Wildman–Crippen MR) is 112 cm³/mol. The van der Waals surface area contributed by atoms with Crippen LogP contribution in [0.5, 0.6) is 0 Å². The molecule has 0 bridgehead atoms. The van der Waals surface area contributed by atoms with E-state index in [9.17, 15) is 19.5 Å². The molecule has 0 spiro atoms. The van der Waals surface area contributed by atoms with Crippen LogP contribution in [0.3, 0.4) is 0 Å². The van der Waals surface area contributed by atoms with E-state index in [1.807, 2.05) is 18.2 Å². The molecule has 0 aliphatic carbocycles. The van der Waals surface area contributed by atoms with Crippen LogP contribution in [0.4, 0.5) is 5.69 Å². The number of aryl methyl sites for hydroxylation is 1. The summed E-state index contributed by atoms with van der Waals surface area (Å²) in [6, 6.07) is 11.3. The Morgan fingerprint density at radius 1 is 1.03 bits per heavy atom. The van der Waals surface area contributed by atoms with Gasteiger partial charge in [-0.15, -0.1) is 0 Å². The summed E-state index contributed by atoms with van der Waals surface area (Å²) in [7, 11) is 1.77. The van der Waals surface area contributed by atoms with E-state index in [2.05, 4.69) is 5.32 Å². The lowest BCUT2D eigenvalue weighted by Gasteiger charge is -2.08. The summed E-state index contributed by atoms with van der Waals surface area (Å²) in [4.78, 5) is 37.0. The minimum absolute atomic E-state index is 0.00965. The summed E-state index contributed by atoms with van der Waals surface area (Å²) in [5.74, 6) is -2.99. The molecule has 150 valence electrons. The molecule has 0 fully saturated rings. The van der Waals surface area contributed by atoms with Gasteiger partial charge in [0.15, 0.2) is 0 Å². The van der Waals surface area contributed by atoms with E-state index in [1.54, 1.807) is 36.4 Å². The lowest BCUT2D eigenvalue weighted by Crippen LogP contribution is -2.24. The van der Waals surface area contributed by atoms with Crippen molar-refractivity contribution < 1.29 is 23.9 Å². The summed E-state index contributed by atoms with van der Waals surface area (Å²) in [5.41, 5.74) is 2.45. The Morgan fingerprint density at radius 3 is 2.53 bits per heavy atom. The number of anilines is 1. The van der Waals surface area contributed by atoms with Crippen molar-refractivity contribution in [3.8, 4) is 11.1 Å². The number of nitrogens with one attached hydrogen (secondary N) is 1. The van der Waals surface area contributed by atoms with Gasteiger partial charge in [0, 0.05) is 34.7 Å². The van der Waals surface area contributed by atoms with Crippen LogP contribution < -0.4 is 5.32 Å². The van der Waals surface area contributed by atoms with Crippen molar-refractivity contribution in [3.63, 3.8) is 0 Å². The smallest absolute Gasteiger partial charge is 0.337 e. The number of carboxylic acid groups (broad SMARTS) is 1. The van der Waals surface area contributed by atoms with Crippen LogP contribution >= 0.6 is 11.6 Å². The Kier molecular flexibility index (Phi) is 4.89. The number of hydrogen-bond acceptors (Lipinski definition) is 4. The molecule has 1 amide bonds. The molecule has 0 radical (unpaired) electrons. The number of furan rings is 1. The molecule has 2 aromatic carbocycles. The van der Waals surface area contributed by atoms with Gasteiger partial charge in [0.25, 0.3) is 11.7 Å². The molecule has 0 atom stereocenters. The van der Waals surface area contributed by atoms with Gasteiger partial charge in [-0.1, -0.05) is 17.7 Å². The van der Waals surface area contributed by atoms with Crippen LogP contribution in [-0.2, 0) is 11.8 Å². The van der Waals surface area contributed by atoms with Crippen LogP contribution in [0.25, 0.3) is 22.0 Å². The van der Waals surface area contributed by atoms with Crippen molar-refractivity contribution in [1.82, 2.24) is 4.57 Å². The van der Waals surface area contributed by atoms with Crippen LogP contribution in [0, 0.1) is 0 Å². The lowest BCUT2D eigenvalue weighted by molar-refractivity contribution is -0.112. The highest BCUT2D eigenvalue weighted by Crippen LogP contribution is 2.29. The van der Waals surface area contributed by atoms with Crippen LogP contribution in [0.15, 0.2) is 65.6 Å². The van der Waals surface area contributed by atoms with E-state index in [4.69, 9.17) is 16.0 Å². The summed E-state index contributed by atoms with van der Waals surface area (Å²) in [5, 5.41) is 12.5. The number of aromatic carboxylic acids is 1. The van der Waals surface area contributed by atoms with E-state index in [0.29, 0.717) is 5.39 Å². The maximum absolute atomic E-state index is 12.9. The molecule has 4 aromatic rings. The third kappa shape index (κ3) is 3.46. The fourth-order valence-electron chi connectivity index (χ4n) is 3.29. The molecule has 2 aromatic heterocycles. The lowest BCUT2D eigenvalue weighted by atomic mass is 10.0. The minimum Gasteiger partial charge on any atom is -0.478 e. The normalized spacial score (nSPS) is 10.9. The molecule has 2 N–H and O–H groups in total. The summed E-state index contributed by atoms with van der Waals surface area (Å²) < 4.78 is 6.86. The standard InChI is InChI=1S/C22H15ClN2O5/c1-25-10-17(15-8-12(2-5-19(15)25)13-6-7-30-11-13)20(26)21(27)24-18-4-3-14(23)9-16(18)22(28)29/h2-11H,1H3,(H,24,27)(H,28,29). The molecule has 7 nitrogen and oxygen atoms in total. The Bertz CT molecular complexity index is 1300. The Hall–Kier alpha value is -3.84. The molecule has 4 rings (SSSR count). The van der Waals surface area contributed by atoms with Gasteiger partial charge in [-0.3, -0.25) is 9.59 Å². The number of Topliss-reactive ketones (excluding diaryl/α,β-unsaturated/α-hetero) is 1. The molecule has 0 saturated heterocycles. The van der Waals surface area contributed by atoms with E-state index >= 15 is 0 Å². The number of benzene rings is 2. The third-order valence-electron chi connectivity index (χ3n) is 4.76. The second-order valence-corrected chi connectivity index (χ2v) is 7.11. The number of halogens is 1. The van der Waals surface area contributed by atoms with E-state index in [1.165, 1.54) is 18.2 Å². The zero-order chi connectivity index (χ0) is 21.4. The van der Waals surface area contributed by atoms with Gasteiger partial charge in [0.05, 0.1) is 29.3 Å². The van der Waals surface area contributed by atoms with Crippen LogP contribution in [-0.4, -0.2) is 27.3 Å². The number of rotatable bonds is 5. The van der Waals surface area contributed by atoms with Crippen molar-refractivity contribution >= 4 is 45.9 Å². The minimum atomic E-state index is -1.27. The predicted octanol–water partition coefficient (Wildman–Crippen LogP) is 4.61. The first-order chi connectivity index (χ1) is 14.3. The quantitative estimate of drug-likeness (QED) is 0.361. The number of nitrogens with zero attached hydrogens (tertiary/aromatic N) is 1. The maximum Gasteiger partial charge on any atom is 0.337 e. The highest BCUT2D eigenvalue weighted by molar-refractivity contribution is 6.48. The number of fused-ring (bicyclic) bond motifs is 1. The van der Waals surface area contributed by atoms with Gasteiger partial charge in [0.2, 0.25) is 0 Å². The van der Waals surface area contributed by atoms with Gasteiger partial charge in [-0.2, -0.15) is 0 Å². The SMILES string of the molecule is Cn1cc(C(=O)C(=O)Nc2ccc(Cl)cc2C(=O)O)c2cc(-c3ccoc3)ccc21. The second kappa shape index (κ2) is 7.53. The molecule has 0 aliphatic rings. The summed E-state index contributed by atoms with van der Waals surface area (Å²) >= 11 is 5.83. The van der Waals surface area contributed by atoms with Gasteiger partial charge in [-0.25, -0.2) is 4.79 Å². The highest BCUT2D eigenvalue weighted by Gasteiger charge is 2.23. The van der Waals surface area contributed by atoms with Gasteiger partial charge in [-0.05, 0) is 42.0 Å². The summed E-state index contributed by atoms with van der Waals surface area (Å²) in [6.45, 7) is 0. The molecule has 0 unspecified atom stereocenters. The average Bonchev–Trinajstić information content (AvgIpc) is 3.37. The van der Waals surface area contributed by atoms with Crippen LogP contribution in [0.1, 0.15) is 20.7 Å². The first-order valence-electron chi connectivity index (χ1n) is 8.85. The highest BCUT2D eigenvalue weighted by atomic mass is 35.5. The van der Waals surface area contributed by atoms with Crippen molar-refractivity contribution in [2.45, 2.75) is 0 Å². The summed E-state index contributed by atoms with van der Waals surface area (Å²) in [6.07, 6.45) is 4.72. The Balaban J connectivity index is 1.70. The zero-order valence-corrected chi connectivity index (χ0v) is 16.4. The Morgan fingerprint density at radius 2 is 1.83 bits per heavy atom. The number of carbonyl (C=O) groups is 3. The number of ketones is 1. The molecule has 2 heterocycles. The van der Waals surface area contributed by atoms with E-state index < -0.39 is 17.7 Å². The fraction of sp³-hybridized carbons (Fsp3) is 0.0455. The zero-order valence-electron chi connectivity index (χ0n) is 15.7. The van der Waals surface area contributed by atoms with E-state index in [0.717, 1.165) is 16.6 Å². The fourth-order valence-corrected chi connectivity index (χ4v) is 3.46. The van der Waals surface area contributed by atoms with Crippen molar-refractivity contribution in [3.05, 3.63) is 77.3 Å². The topological polar surface area (TPSA) is 102 Å².